The average molecular weight is 325 g/mol. The Balaban J connectivity index is 1.64. The summed E-state index contributed by atoms with van der Waals surface area (Å²) in [4.78, 5) is 12.6. The standard InChI is InChI=1S/C23H19NO/c1-16(17-7-3-2-4-8-17)24-23(25)21-12-11-20-13-18-9-5-6-10-19(18)14-22(20)15-21/h2-16H,1H3,(H,24,25). The number of carbonyl (C=O) groups excluding carboxylic acids is 1. The highest BCUT2D eigenvalue weighted by molar-refractivity contribution is 6.03. The van der Waals surface area contributed by atoms with Crippen LogP contribution < -0.4 is 5.32 Å². The Morgan fingerprint density at radius 1 is 0.720 bits per heavy atom. The molecule has 0 aromatic heterocycles. The molecule has 2 heteroatoms. The van der Waals surface area contributed by atoms with Gasteiger partial charge in [-0.25, -0.2) is 0 Å². The molecule has 0 radical (unpaired) electrons. The van der Waals surface area contributed by atoms with Gasteiger partial charge in [0.1, 0.15) is 0 Å². The molecule has 0 aliphatic rings. The SMILES string of the molecule is CC(NC(=O)c1ccc2cc3ccccc3cc2c1)c1ccccc1. The molecule has 1 N–H and O–H groups in total. The molecule has 4 aromatic rings. The molecular formula is C23H19NO. The summed E-state index contributed by atoms with van der Waals surface area (Å²) in [5, 5.41) is 7.70. The third kappa shape index (κ3) is 3.11. The van der Waals surface area contributed by atoms with Crippen LogP contribution in [0.25, 0.3) is 21.5 Å². The molecule has 0 saturated carbocycles. The van der Waals surface area contributed by atoms with Gasteiger partial charge in [-0.05, 0) is 58.3 Å². The summed E-state index contributed by atoms with van der Waals surface area (Å²) in [7, 11) is 0. The van der Waals surface area contributed by atoms with Crippen molar-refractivity contribution >= 4 is 27.5 Å². The van der Waals surface area contributed by atoms with E-state index < -0.39 is 0 Å². The fourth-order valence-corrected chi connectivity index (χ4v) is 3.19. The molecule has 0 spiro atoms. The summed E-state index contributed by atoms with van der Waals surface area (Å²) in [6.07, 6.45) is 0. The fraction of sp³-hybridized carbons (Fsp3) is 0.0870. The van der Waals surface area contributed by atoms with Crippen LogP contribution in [0.3, 0.4) is 0 Å². The molecule has 0 heterocycles. The third-order valence-corrected chi connectivity index (χ3v) is 4.61. The predicted octanol–water partition coefficient (Wildman–Crippen LogP) is 5.48. The van der Waals surface area contributed by atoms with Crippen LogP contribution >= 0.6 is 0 Å². The van der Waals surface area contributed by atoms with Gasteiger partial charge < -0.3 is 5.32 Å². The van der Waals surface area contributed by atoms with Gasteiger partial charge in [0.25, 0.3) is 5.91 Å². The first kappa shape index (κ1) is 15.4. The number of hydrogen-bond acceptors (Lipinski definition) is 1. The Hall–Kier alpha value is -3.13. The van der Waals surface area contributed by atoms with Crippen molar-refractivity contribution in [1.29, 1.82) is 0 Å². The first-order chi connectivity index (χ1) is 12.2. The fourth-order valence-electron chi connectivity index (χ4n) is 3.19. The van der Waals surface area contributed by atoms with Crippen molar-refractivity contribution in [2.75, 3.05) is 0 Å². The van der Waals surface area contributed by atoms with Gasteiger partial charge in [0, 0.05) is 5.56 Å². The minimum absolute atomic E-state index is 0.0269. The third-order valence-electron chi connectivity index (χ3n) is 4.61. The number of rotatable bonds is 3. The molecule has 0 saturated heterocycles. The van der Waals surface area contributed by atoms with E-state index in [2.05, 4.69) is 29.6 Å². The van der Waals surface area contributed by atoms with Gasteiger partial charge in [-0.1, -0.05) is 60.7 Å². The molecular weight excluding hydrogens is 306 g/mol. The summed E-state index contributed by atoms with van der Waals surface area (Å²) in [6, 6.07) is 28.4. The van der Waals surface area contributed by atoms with Crippen LogP contribution in [0.5, 0.6) is 0 Å². The topological polar surface area (TPSA) is 29.1 Å². The molecule has 1 amide bonds. The first-order valence-corrected chi connectivity index (χ1v) is 8.49. The molecule has 4 aromatic carbocycles. The van der Waals surface area contributed by atoms with Gasteiger partial charge in [-0.15, -0.1) is 0 Å². The van der Waals surface area contributed by atoms with Crippen LogP contribution in [-0.4, -0.2) is 5.91 Å². The highest BCUT2D eigenvalue weighted by atomic mass is 16.1. The Morgan fingerprint density at radius 3 is 2.04 bits per heavy atom. The maximum absolute atomic E-state index is 12.6. The van der Waals surface area contributed by atoms with Crippen molar-refractivity contribution in [2.45, 2.75) is 13.0 Å². The van der Waals surface area contributed by atoms with E-state index in [1.54, 1.807) is 0 Å². The number of carbonyl (C=O) groups is 1. The van der Waals surface area contributed by atoms with E-state index in [9.17, 15) is 4.79 Å². The van der Waals surface area contributed by atoms with E-state index >= 15 is 0 Å². The largest absolute Gasteiger partial charge is 0.346 e. The van der Waals surface area contributed by atoms with Gasteiger partial charge in [0.2, 0.25) is 0 Å². The van der Waals surface area contributed by atoms with Crippen molar-refractivity contribution in [1.82, 2.24) is 5.32 Å². The maximum Gasteiger partial charge on any atom is 0.251 e. The Labute approximate surface area is 147 Å². The van der Waals surface area contributed by atoms with E-state index in [1.165, 1.54) is 10.8 Å². The zero-order chi connectivity index (χ0) is 17.2. The summed E-state index contributed by atoms with van der Waals surface area (Å²) in [6.45, 7) is 2.00. The maximum atomic E-state index is 12.6. The summed E-state index contributed by atoms with van der Waals surface area (Å²) in [5.74, 6) is -0.0496. The molecule has 0 bridgehead atoms. The molecule has 0 aliphatic carbocycles. The number of benzene rings is 4. The van der Waals surface area contributed by atoms with Crippen LogP contribution in [0.2, 0.25) is 0 Å². The van der Waals surface area contributed by atoms with Gasteiger partial charge in [-0.3, -0.25) is 4.79 Å². The second-order valence-electron chi connectivity index (χ2n) is 6.37. The Kier molecular flexibility index (Phi) is 3.95. The van der Waals surface area contributed by atoms with E-state index in [0.717, 1.165) is 16.3 Å². The van der Waals surface area contributed by atoms with Crippen LogP contribution in [0.1, 0.15) is 28.9 Å². The normalized spacial score (nSPS) is 12.2. The monoisotopic (exact) mass is 325 g/mol. The summed E-state index contributed by atoms with van der Waals surface area (Å²) >= 11 is 0. The van der Waals surface area contributed by atoms with Gasteiger partial charge in [0.05, 0.1) is 6.04 Å². The van der Waals surface area contributed by atoms with Crippen molar-refractivity contribution in [2.24, 2.45) is 0 Å². The average Bonchev–Trinajstić information content (AvgIpc) is 2.66. The zero-order valence-corrected chi connectivity index (χ0v) is 14.1. The molecule has 0 fully saturated rings. The van der Waals surface area contributed by atoms with Gasteiger partial charge in [0.15, 0.2) is 0 Å². The summed E-state index contributed by atoms with van der Waals surface area (Å²) < 4.78 is 0. The lowest BCUT2D eigenvalue weighted by molar-refractivity contribution is 0.0940. The highest BCUT2D eigenvalue weighted by Gasteiger charge is 2.11. The second-order valence-corrected chi connectivity index (χ2v) is 6.37. The van der Waals surface area contributed by atoms with Crippen molar-refractivity contribution in [3.05, 3.63) is 96.1 Å². The number of nitrogens with one attached hydrogen (secondary N) is 1. The zero-order valence-electron chi connectivity index (χ0n) is 14.1. The Morgan fingerprint density at radius 2 is 1.32 bits per heavy atom. The number of amides is 1. The molecule has 4 rings (SSSR count). The van der Waals surface area contributed by atoms with Crippen molar-refractivity contribution < 1.29 is 4.79 Å². The molecule has 0 aliphatic heterocycles. The highest BCUT2D eigenvalue weighted by Crippen LogP contribution is 2.24. The smallest absolute Gasteiger partial charge is 0.251 e. The van der Waals surface area contributed by atoms with E-state index in [1.807, 2.05) is 67.6 Å². The second kappa shape index (κ2) is 6.40. The van der Waals surface area contributed by atoms with Crippen LogP contribution in [0.4, 0.5) is 0 Å². The van der Waals surface area contributed by atoms with E-state index in [0.29, 0.717) is 5.56 Å². The summed E-state index contributed by atoms with van der Waals surface area (Å²) in [5.41, 5.74) is 1.79. The predicted molar refractivity (Wildman–Crippen MR) is 104 cm³/mol. The minimum atomic E-state index is -0.0496. The lowest BCUT2D eigenvalue weighted by Gasteiger charge is -2.14. The van der Waals surface area contributed by atoms with Gasteiger partial charge >= 0.3 is 0 Å². The van der Waals surface area contributed by atoms with Crippen molar-refractivity contribution in [3.8, 4) is 0 Å². The van der Waals surface area contributed by atoms with Crippen LogP contribution in [0.15, 0.2) is 84.9 Å². The molecule has 1 atom stereocenters. The molecule has 122 valence electrons. The molecule has 2 nitrogen and oxygen atoms in total. The number of fused-ring (bicyclic) bond motifs is 2. The Bertz CT molecular complexity index is 1050. The van der Waals surface area contributed by atoms with Gasteiger partial charge in [-0.2, -0.15) is 0 Å². The van der Waals surface area contributed by atoms with E-state index in [4.69, 9.17) is 0 Å². The first-order valence-electron chi connectivity index (χ1n) is 8.49. The van der Waals surface area contributed by atoms with Crippen LogP contribution in [-0.2, 0) is 0 Å². The lowest BCUT2D eigenvalue weighted by Crippen LogP contribution is -2.26. The molecule has 25 heavy (non-hydrogen) atoms. The van der Waals surface area contributed by atoms with Crippen molar-refractivity contribution in [3.63, 3.8) is 0 Å². The van der Waals surface area contributed by atoms with E-state index in [-0.39, 0.29) is 11.9 Å². The molecule has 1 unspecified atom stereocenters. The minimum Gasteiger partial charge on any atom is -0.346 e. The lowest BCUT2D eigenvalue weighted by atomic mass is 10.0. The number of hydrogen-bond donors (Lipinski definition) is 1. The van der Waals surface area contributed by atoms with Crippen LogP contribution in [0, 0.1) is 0 Å². The quantitative estimate of drug-likeness (QED) is 0.496.